The molecule has 0 radical (unpaired) electrons. The number of benzene rings is 2. The van der Waals surface area contributed by atoms with Gasteiger partial charge in [-0.1, -0.05) is 60.3 Å². The van der Waals surface area contributed by atoms with E-state index in [-0.39, 0.29) is 17.7 Å². The molecule has 35 heavy (non-hydrogen) atoms. The zero-order chi connectivity index (χ0) is 24.7. The second-order valence-electron chi connectivity index (χ2n) is 9.83. The third-order valence-electron chi connectivity index (χ3n) is 7.80. The van der Waals surface area contributed by atoms with Crippen LogP contribution in [-0.2, 0) is 17.3 Å². The highest BCUT2D eigenvalue weighted by Crippen LogP contribution is 2.40. The Bertz CT molecular complexity index is 1230. The van der Waals surface area contributed by atoms with Crippen molar-refractivity contribution in [2.75, 3.05) is 13.2 Å². The number of hydrogen-bond acceptors (Lipinski definition) is 4. The maximum absolute atomic E-state index is 13.5. The number of aliphatic hydroxyl groups is 2. The zero-order valence-electron chi connectivity index (χ0n) is 19.6. The lowest BCUT2D eigenvalue weighted by Gasteiger charge is -2.31. The number of fused-ring (bicyclic) bond motifs is 1. The molecule has 2 heterocycles. The summed E-state index contributed by atoms with van der Waals surface area (Å²) < 4.78 is 7.55. The van der Waals surface area contributed by atoms with Gasteiger partial charge in [-0.25, -0.2) is 0 Å². The van der Waals surface area contributed by atoms with Gasteiger partial charge in [0.05, 0.1) is 22.2 Å². The van der Waals surface area contributed by atoms with E-state index in [1.54, 1.807) is 12.1 Å². The lowest BCUT2D eigenvalue weighted by molar-refractivity contribution is -0.0730. The van der Waals surface area contributed by atoms with Crippen LogP contribution < -0.4 is 5.32 Å². The molecule has 2 fully saturated rings. The number of carbonyl (C=O) groups is 1. The van der Waals surface area contributed by atoms with E-state index in [0.717, 1.165) is 47.7 Å². The van der Waals surface area contributed by atoms with E-state index in [4.69, 9.17) is 27.9 Å². The molecule has 186 valence electrons. The van der Waals surface area contributed by atoms with E-state index in [1.165, 1.54) is 0 Å². The number of amides is 1. The van der Waals surface area contributed by atoms with Crippen molar-refractivity contribution in [1.82, 2.24) is 9.88 Å². The van der Waals surface area contributed by atoms with Crippen molar-refractivity contribution in [2.45, 2.75) is 49.9 Å². The Morgan fingerprint density at radius 3 is 2.49 bits per heavy atom. The highest BCUT2D eigenvalue weighted by Gasteiger charge is 2.39. The number of hydrogen-bond donors (Lipinski definition) is 3. The molecule has 2 aliphatic rings. The number of aromatic nitrogens is 1. The largest absolute Gasteiger partial charge is 0.379 e. The van der Waals surface area contributed by atoms with Crippen molar-refractivity contribution in [3.05, 3.63) is 69.3 Å². The quantitative estimate of drug-likeness (QED) is 0.397. The minimum Gasteiger partial charge on any atom is -0.379 e. The maximum atomic E-state index is 13.5. The molecule has 2 aromatic carbocycles. The summed E-state index contributed by atoms with van der Waals surface area (Å²) in [4.78, 5) is 13.5. The Labute approximate surface area is 214 Å². The number of nitrogens with one attached hydrogen (secondary N) is 1. The van der Waals surface area contributed by atoms with Crippen LogP contribution in [0.2, 0.25) is 10.0 Å². The first-order chi connectivity index (χ1) is 16.8. The zero-order valence-corrected chi connectivity index (χ0v) is 21.1. The topological polar surface area (TPSA) is 83.7 Å². The Morgan fingerprint density at radius 2 is 1.86 bits per heavy atom. The molecule has 2 unspecified atom stereocenters. The molecule has 1 amide bonds. The third-order valence-corrected chi connectivity index (χ3v) is 8.62. The SMILES string of the molecule is Cn1c(C(=O)NC2(c3ccc(C(C(O)O)C4CCCC4)cc3)CCOC2)cc2c(Cl)c(Cl)ccc21. The second-order valence-corrected chi connectivity index (χ2v) is 10.6. The number of carbonyl (C=O) groups excluding carboxylic acids is 1. The van der Waals surface area contributed by atoms with Gasteiger partial charge in [0.25, 0.3) is 5.91 Å². The fraction of sp³-hybridized carbons (Fsp3) is 0.444. The van der Waals surface area contributed by atoms with Crippen LogP contribution >= 0.6 is 23.2 Å². The molecule has 5 rings (SSSR count). The number of rotatable bonds is 6. The molecular formula is C27H30Cl2N2O4. The van der Waals surface area contributed by atoms with Crippen molar-refractivity contribution in [1.29, 1.82) is 0 Å². The molecule has 1 aromatic heterocycles. The summed E-state index contributed by atoms with van der Waals surface area (Å²) in [6.45, 7) is 0.905. The highest BCUT2D eigenvalue weighted by atomic mass is 35.5. The number of nitrogens with zero attached hydrogens (tertiary/aromatic N) is 1. The van der Waals surface area contributed by atoms with Gasteiger partial charge >= 0.3 is 0 Å². The van der Waals surface area contributed by atoms with Gasteiger partial charge in [-0.15, -0.1) is 0 Å². The normalized spacial score (nSPS) is 21.8. The van der Waals surface area contributed by atoms with Gasteiger partial charge in [-0.05, 0) is 48.1 Å². The number of aryl methyl sites for hydroxylation is 1. The van der Waals surface area contributed by atoms with Crippen LogP contribution in [0, 0.1) is 5.92 Å². The molecule has 1 saturated heterocycles. The van der Waals surface area contributed by atoms with Crippen LogP contribution in [0.1, 0.15) is 59.6 Å². The van der Waals surface area contributed by atoms with E-state index in [1.807, 2.05) is 41.9 Å². The smallest absolute Gasteiger partial charge is 0.268 e. The van der Waals surface area contributed by atoms with Gasteiger partial charge in [0.2, 0.25) is 0 Å². The van der Waals surface area contributed by atoms with Crippen molar-refractivity contribution in [3.8, 4) is 0 Å². The van der Waals surface area contributed by atoms with Crippen LogP contribution in [0.4, 0.5) is 0 Å². The van der Waals surface area contributed by atoms with Gasteiger partial charge in [0.1, 0.15) is 5.69 Å². The lowest BCUT2D eigenvalue weighted by Crippen LogP contribution is -2.47. The molecular weight excluding hydrogens is 487 g/mol. The first-order valence-corrected chi connectivity index (χ1v) is 12.9. The Balaban J connectivity index is 1.43. The molecule has 8 heteroatoms. The predicted octanol–water partition coefficient (Wildman–Crippen LogP) is 5.12. The van der Waals surface area contributed by atoms with Crippen molar-refractivity contribution in [2.24, 2.45) is 13.0 Å². The molecule has 1 aliphatic carbocycles. The van der Waals surface area contributed by atoms with Crippen LogP contribution in [0.25, 0.3) is 10.9 Å². The van der Waals surface area contributed by atoms with Crippen LogP contribution in [0.3, 0.4) is 0 Å². The van der Waals surface area contributed by atoms with Gasteiger partial charge in [0.15, 0.2) is 6.29 Å². The number of halogens is 2. The van der Waals surface area contributed by atoms with E-state index < -0.39 is 11.8 Å². The van der Waals surface area contributed by atoms with E-state index in [2.05, 4.69) is 5.32 Å². The fourth-order valence-corrected chi connectivity index (χ4v) is 6.22. The lowest BCUT2D eigenvalue weighted by atomic mass is 9.82. The predicted molar refractivity (Wildman–Crippen MR) is 137 cm³/mol. The van der Waals surface area contributed by atoms with Crippen LogP contribution in [0.5, 0.6) is 0 Å². The van der Waals surface area contributed by atoms with E-state index in [9.17, 15) is 15.0 Å². The number of ether oxygens (including phenoxy) is 1. The van der Waals surface area contributed by atoms with Crippen molar-refractivity contribution in [3.63, 3.8) is 0 Å². The maximum Gasteiger partial charge on any atom is 0.268 e. The minimum atomic E-state index is -1.39. The summed E-state index contributed by atoms with van der Waals surface area (Å²) >= 11 is 12.6. The van der Waals surface area contributed by atoms with Crippen LogP contribution in [0.15, 0.2) is 42.5 Å². The summed E-state index contributed by atoms with van der Waals surface area (Å²) in [7, 11) is 1.83. The molecule has 0 spiro atoms. The highest BCUT2D eigenvalue weighted by molar-refractivity contribution is 6.45. The van der Waals surface area contributed by atoms with Gasteiger partial charge in [-0.2, -0.15) is 0 Å². The molecule has 3 N–H and O–H groups in total. The summed E-state index contributed by atoms with van der Waals surface area (Å²) in [5.74, 6) is -0.250. The molecule has 0 bridgehead atoms. The summed E-state index contributed by atoms with van der Waals surface area (Å²) in [6, 6.07) is 13.2. The average molecular weight is 517 g/mol. The summed E-state index contributed by atoms with van der Waals surface area (Å²) in [5.41, 5.74) is 2.48. The minimum absolute atomic E-state index is 0.222. The summed E-state index contributed by atoms with van der Waals surface area (Å²) in [5, 5.41) is 25.0. The molecule has 6 nitrogen and oxygen atoms in total. The first-order valence-electron chi connectivity index (χ1n) is 12.1. The standard InChI is InChI=1S/C27H30Cl2N2O4/c1-31-21-11-10-20(28)24(29)19(21)14-22(31)25(32)30-27(12-13-35-15-27)18-8-6-17(7-9-18)23(26(33)34)16-4-2-3-5-16/h6-11,14,16,23,26,33-34H,2-5,12-13,15H2,1H3,(H,30,32). The Kier molecular flexibility index (Phi) is 6.85. The molecule has 3 aromatic rings. The molecule has 1 saturated carbocycles. The van der Waals surface area contributed by atoms with E-state index >= 15 is 0 Å². The van der Waals surface area contributed by atoms with Crippen molar-refractivity contribution < 1.29 is 19.7 Å². The van der Waals surface area contributed by atoms with E-state index in [0.29, 0.717) is 35.4 Å². The fourth-order valence-electron chi connectivity index (χ4n) is 5.84. The second kappa shape index (κ2) is 9.75. The van der Waals surface area contributed by atoms with Gasteiger partial charge in [-0.3, -0.25) is 4.79 Å². The van der Waals surface area contributed by atoms with Crippen molar-refractivity contribution >= 4 is 40.0 Å². The monoisotopic (exact) mass is 516 g/mol. The molecule has 2 atom stereocenters. The Hall–Kier alpha value is -2.09. The molecule has 1 aliphatic heterocycles. The van der Waals surface area contributed by atoms with Crippen LogP contribution in [-0.4, -0.2) is 40.2 Å². The third kappa shape index (κ3) is 4.47. The number of aliphatic hydroxyl groups excluding tert-OH is 1. The average Bonchev–Trinajstić information content (AvgIpc) is 3.59. The van der Waals surface area contributed by atoms with Gasteiger partial charge < -0.3 is 24.8 Å². The summed E-state index contributed by atoms with van der Waals surface area (Å²) in [6.07, 6.45) is 3.53. The Morgan fingerprint density at radius 1 is 1.14 bits per heavy atom. The van der Waals surface area contributed by atoms with Gasteiger partial charge in [0, 0.05) is 36.9 Å². The first kappa shape index (κ1) is 24.6.